The summed E-state index contributed by atoms with van der Waals surface area (Å²) in [7, 11) is 0. The molecule has 0 saturated carbocycles. The lowest BCUT2D eigenvalue weighted by Gasteiger charge is -1.99. The number of H-pyrrole nitrogens is 2. The third-order valence-electron chi connectivity index (χ3n) is 3.19. The van der Waals surface area contributed by atoms with Gasteiger partial charge in [0.1, 0.15) is 0 Å². The molecule has 2 N–H and O–H groups in total. The highest BCUT2D eigenvalue weighted by Crippen LogP contribution is 2.28. The molecule has 0 fully saturated rings. The molecule has 0 aliphatic carbocycles. The van der Waals surface area contributed by atoms with E-state index in [0.717, 1.165) is 10.0 Å². The number of nitro groups is 1. The van der Waals surface area contributed by atoms with Crippen LogP contribution >= 0.6 is 15.9 Å². The van der Waals surface area contributed by atoms with E-state index in [0.29, 0.717) is 5.69 Å². The Morgan fingerprint density at radius 3 is 2.50 bits per heavy atom. The molecular weight excluding hydrogens is 378 g/mol. The van der Waals surface area contributed by atoms with Crippen LogP contribution in [0.25, 0.3) is 11.3 Å². The van der Waals surface area contributed by atoms with Gasteiger partial charge in [0.25, 0.3) is 11.2 Å². The third kappa shape index (κ3) is 3.30. The van der Waals surface area contributed by atoms with Gasteiger partial charge in [-0.05, 0) is 18.2 Å². The first-order valence-corrected chi connectivity index (χ1v) is 7.56. The van der Waals surface area contributed by atoms with E-state index >= 15 is 0 Å². The summed E-state index contributed by atoms with van der Waals surface area (Å²) < 4.78 is 0.906. The minimum atomic E-state index is -0.518. The van der Waals surface area contributed by atoms with Crippen LogP contribution in [0.15, 0.2) is 68.0 Å². The summed E-state index contributed by atoms with van der Waals surface area (Å²) in [6, 6.07) is 13.0. The zero-order valence-electron chi connectivity index (χ0n) is 12.1. The molecule has 120 valence electrons. The Labute approximate surface area is 143 Å². The van der Waals surface area contributed by atoms with E-state index in [-0.39, 0.29) is 17.1 Å². The number of halogens is 1. The normalized spacial score (nSPS) is 11.0. The first-order valence-electron chi connectivity index (χ1n) is 6.77. The highest BCUT2D eigenvalue weighted by molar-refractivity contribution is 9.10. The van der Waals surface area contributed by atoms with Crippen molar-refractivity contribution in [1.29, 1.82) is 0 Å². The van der Waals surface area contributed by atoms with Crippen molar-refractivity contribution in [3.05, 3.63) is 73.5 Å². The molecule has 0 saturated heterocycles. The minimum Gasteiger partial charge on any atom is -0.295 e. The molecule has 0 atom stereocenters. The molecule has 3 rings (SSSR count). The molecule has 24 heavy (non-hydrogen) atoms. The molecule has 1 heterocycles. The number of aromatic nitrogens is 2. The maximum absolute atomic E-state index is 11.9. The van der Waals surface area contributed by atoms with E-state index in [1.165, 1.54) is 18.2 Å². The highest BCUT2D eigenvalue weighted by atomic mass is 79.9. The van der Waals surface area contributed by atoms with Gasteiger partial charge in [0, 0.05) is 22.2 Å². The molecule has 0 bridgehead atoms. The summed E-state index contributed by atoms with van der Waals surface area (Å²) in [6.07, 6.45) is 0. The van der Waals surface area contributed by atoms with Crippen LogP contribution in [0, 0.1) is 10.1 Å². The van der Waals surface area contributed by atoms with Gasteiger partial charge in [0.05, 0.1) is 16.3 Å². The molecule has 0 amide bonds. The summed E-state index contributed by atoms with van der Waals surface area (Å²) in [4.78, 5) is 22.2. The molecule has 3 aromatic rings. The predicted octanol–water partition coefficient (Wildman–Crippen LogP) is 4.46. The summed E-state index contributed by atoms with van der Waals surface area (Å²) in [5.74, 6) is 0. The zero-order valence-corrected chi connectivity index (χ0v) is 13.6. The second kappa shape index (κ2) is 6.59. The number of nitro benzene ring substituents is 1. The van der Waals surface area contributed by atoms with E-state index in [1.54, 1.807) is 6.07 Å². The number of non-ortho nitro benzene ring substituents is 1. The van der Waals surface area contributed by atoms with Crippen LogP contribution in [0.4, 0.5) is 17.1 Å². The van der Waals surface area contributed by atoms with E-state index in [9.17, 15) is 14.9 Å². The molecule has 0 spiro atoms. The second-order valence-corrected chi connectivity index (χ2v) is 5.70. The van der Waals surface area contributed by atoms with Gasteiger partial charge in [-0.1, -0.05) is 34.1 Å². The standard InChI is InChI=1S/C15H10BrN5O3/c16-10-6-4-9(5-7-10)13-14(15(22)20-18-13)19-17-11-2-1-3-12(8-11)21(23)24/h1-8H,(H2,18,20,22). The molecule has 2 aromatic carbocycles. The van der Waals surface area contributed by atoms with E-state index in [4.69, 9.17) is 0 Å². The van der Waals surface area contributed by atoms with Crippen molar-refractivity contribution in [2.75, 3.05) is 0 Å². The number of nitrogens with zero attached hydrogens (tertiary/aromatic N) is 3. The van der Waals surface area contributed by atoms with Crippen LogP contribution in [-0.2, 0) is 0 Å². The molecule has 1 aromatic heterocycles. The van der Waals surface area contributed by atoms with Crippen molar-refractivity contribution in [3.63, 3.8) is 0 Å². The molecule has 0 aliphatic heterocycles. The van der Waals surface area contributed by atoms with Crippen molar-refractivity contribution in [2.45, 2.75) is 0 Å². The van der Waals surface area contributed by atoms with Gasteiger partial charge in [-0.3, -0.25) is 25.1 Å². The summed E-state index contributed by atoms with van der Waals surface area (Å²) >= 11 is 3.34. The van der Waals surface area contributed by atoms with Crippen LogP contribution < -0.4 is 5.56 Å². The maximum Gasteiger partial charge on any atom is 0.292 e. The quantitative estimate of drug-likeness (QED) is 0.390. The van der Waals surface area contributed by atoms with Crippen LogP contribution in [0.5, 0.6) is 0 Å². The second-order valence-electron chi connectivity index (χ2n) is 4.79. The number of hydrogen-bond acceptors (Lipinski definition) is 5. The number of rotatable bonds is 4. The molecule has 0 radical (unpaired) electrons. The van der Waals surface area contributed by atoms with Gasteiger partial charge >= 0.3 is 0 Å². The number of azo groups is 1. The van der Waals surface area contributed by atoms with Crippen molar-refractivity contribution < 1.29 is 4.92 Å². The number of hydrogen-bond donors (Lipinski definition) is 2. The topological polar surface area (TPSA) is 117 Å². The summed E-state index contributed by atoms with van der Waals surface area (Å²) in [5, 5.41) is 23.9. The number of benzene rings is 2. The van der Waals surface area contributed by atoms with Gasteiger partial charge in [0.2, 0.25) is 0 Å². The lowest BCUT2D eigenvalue weighted by Crippen LogP contribution is -1.96. The Morgan fingerprint density at radius 2 is 1.79 bits per heavy atom. The van der Waals surface area contributed by atoms with Crippen molar-refractivity contribution in [2.24, 2.45) is 10.2 Å². The first kappa shape index (κ1) is 15.8. The largest absolute Gasteiger partial charge is 0.295 e. The molecule has 0 unspecified atom stereocenters. The lowest BCUT2D eigenvalue weighted by atomic mass is 10.1. The smallest absolute Gasteiger partial charge is 0.292 e. The third-order valence-corrected chi connectivity index (χ3v) is 3.72. The first-order chi connectivity index (χ1) is 11.5. The number of aromatic amines is 2. The predicted molar refractivity (Wildman–Crippen MR) is 91.8 cm³/mol. The van der Waals surface area contributed by atoms with Gasteiger partial charge in [-0.2, -0.15) is 5.11 Å². The molecular formula is C15H10BrN5O3. The molecule has 8 nitrogen and oxygen atoms in total. The Bertz CT molecular complexity index is 975. The van der Waals surface area contributed by atoms with Crippen LogP contribution in [0.3, 0.4) is 0 Å². The van der Waals surface area contributed by atoms with Crippen LogP contribution in [0.1, 0.15) is 0 Å². The van der Waals surface area contributed by atoms with Crippen LogP contribution in [0.2, 0.25) is 0 Å². The maximum atomic E-state index is 11.9. The van der Waals surface area contributed by atoms with E-state index < -0.39 is 10.5 Å². The number of nitrogens with one attached hydrogen (secondary N) is 2. The van der Waals surface area contributed by atoms with E-state index in [2.05, 4.69) is 36.4 Å². The fraction of sp³-hybridized carbons (Fsp3) is 0. The SMILES string of the molecule is O=c1[nH][nH]c(-c2ccc(Br)cc2)c1N=Nc1cccc([N+](=O)[O-])c1. The van der Waals surface area contributed by atoms with E-state index in [1.807, 2.05) is 24.3 Å². The van der Waals surface area contributed by atoms with Crippen molar-refractivity contribution in [3.8, 4) is 11.3 Å². The van der Waals surface area contributed by atoms with Gasteiger partial charge < -0.3 is 0 Å². The lowest BCUT2D eigenvalue weighted by molar-refractivity contribution is -0.384. The molecule has 0 aliphatic rings. The van der Waals surface area contributed by atoms with Crippen molar-refractivity contribution in [1.82, 2.24) is 10.2 Å². The van der Waals surface area contributed by atoms with Gasteiger partial charge in [0.15, 0.2) is 5.69 Å². The Hall–Kier alpha value is -3.07. The zero-order chi connectivity index (χ0) is 17.1. The average Bonchev–Trinajstić information content (AvgIpc) is 2.95. The van der Waals surface area contributed by atoms with Gasteiger partial charge in [-0.15, -0.1) is 5.11 Å². The fourth-order valence-corrected chi connectivity index (χ4v) is 2.31. The Balaban J connectivity index is 1.97. The fourth-order valence-electron chi connectivity index (χ4n) is 2.05. The highest BCUT2D eigenvalue weighted by Gasteiger charge is 2.12. The summed E-state index contributed by atoms with van der Waals surface area (Å²) in [6.45, 7) is 0. The molecule has 9 heteroatoms. The average molecular weight is 388 g/mol. The Morgan fingerprint density at radius 1 is 1.04 bits per heavy atom. The Kier molecular flexibility index (Phi) is 4.34. The minimum absolute atomic E-state index is 0.0949. The summed E-state index contributed by atoms with van der Waals surface area (Å²) in [5.41, 5.74) is 1.10. The monoisotopic (exact) mass is 387 g/mol. The van der Waals surface area contributed by atoms with Crippen molar-refractivity contribution >= 4 is 33.0 Å². The van der Waals surface area contributed by atoms with Crippen LogP contribution in [-0.4, -0.2) is 15.1 Å². The van der Waals surface area contributed by atoms with Gasteiger partial charge in [-0.25, -0.2) is 0 Å².